The van der Waals surface area contributed by atoms with Gasteiger partial charge in [0.1, 0.15) is 6.04 Å². The number of likely N-dealkylation sites (tertiary alicyclic amines) is 1. The van der Waals surface area contributed by atoms with Crippen molar-refractivity contribution in [3.63, 3.8) is 0 Å². The van der Waals surface area contributed by atoms with E-state index in [4.69, 9.17) is 5.73 Å². The molecule has 26 heavy (non-hydrogen) atoms. The van der Waals surface area contributed by atoms with Gasteiger partial charge in [0.2, 0.25) is 5.91 Å². The summed E-state index contributed by atoms with van der Waals surface area (Å²) in [5.74, 6) is -0.131. The number of thiophene rings is 1. The van der Waals surface area contributed by atoms with E-state index in [-0.39, 0.29) is 29.7 Å². The summed E-state index contributed by atoms with van der Waals surface area (Å²) in [4.78, 5) is 27.9. The van der Waals surface area contributed by atoms with Gasteiger partial charge in [-0.2, -0.15) is 0 Å². The third-order valence-corrected chi connectivity index (χ3v) is 5.74. The molecule has 1 saturated heterocycles. The minimum absolute atomic E-state index is 0.00147. The van der Waals surface area contributed by atoms with Crippen molar-refractivity contribution in [2.24, 2.45) is 11.7 Å². The second-order valence-electron chi connectivity index (χ2n) is 7.10. The molecule has 138 valence electrons. The first kappa shape index (κ1) is 18.6. The number of nitrogens with zero attached hydrogens (tertiary/aromatic N) is 1. The molecule has 2 heterocycles. The van der Waals surface area contributed by atoms with E-state index >= 15 is 0 Å². The number of benzene rings is 1. The maximum atomic E-state index is 13.1. The van der Waals surface area contributed by atoms with Crippen LogP contribution in [0.5, 0.6) is 0 Å². The smallest absolute Gasteiger partial charge is 0.262 e. The highest BCUT2D eigenvalue weighted by atomic mass is 32.1. The van der Waals surface area contributed by atoms with Crippen molar-refractivity contribution in [1.82, 2.24) is 10.2 Å². The zero-order valence-corrected chi connectivity index (χ0v) is 15.9. The van der Waals surface area contributed by atoms with Crippen LogP contribution in [-0.4, -0.2) is 41.9 Å². The van der Waals surface area contributed by atoms with Crippen molar-refractivity contribution < 1.29 is 9.59 Å². The van der Waals surface area contributed by atoms with Gasteiger partial charge in [-0.15, -0.1) is 11.3 Å². The lowest BCUT2D eigenvalue weighted by Gasteiger charge is -2.27. The van der Waals surface area contributed by atoms with Crippen LogP contribution in [0.25, 0.3) is 0 Å². The van der Waals surface area contributed by atoms with Gasteiger partial charge < -0.3 is 16.0 Å². The molecule has 2 amide bonds. The monoisotopic (exact) mass is 371 g/mol. The van der Waals surface area contributed by atoms with Crippen LogP contribution in [0.1, 0.15) is 35.0 Å². The average molecular weight is 372 g/mol. The van der Waals surface area contributed by atoms with Crippen LogP contribution in [0.15, 0.2) is 47.8 Å². The third-order valence-electron chi connectivity index (χ3n) is 4.87. The molecule has 1 aliphatic rings. The Hall–Kier alpha value is -2.18. The van der Waals surface area contributed by atoms with E-state index < -0.39 is 6.04 Å². The molecule has 5 nitrogen and oxygen atoms in total. The summed E-state index contributed by atoms with van der Waals surface area (Å²) in [7, 11) is 0. The Balaban J connectivity index is 1.71. The van der Waals surface area contributed by atoms with Crippen LogP contribution >= 0.6 is 11.3 Å². The first-order valence-electron chi connectivity index (χ1n) is 8.91. The predicted octanol–water partition coefficient (Wildman–Crippen LogP) is 2.46. The minimum atomic E-state index is -0.550. The van der Waals surface area contributed by atoms with Gasteiger partial charge in [-0.3, -0.25) is 9.59 Å². The van der Waals surface area contributed by atoms with Crippen molar-refractivity contribution >= 4 is 23.2 Å². The topological polar surface area (TPSA) is 75.4 Å². The van der Waals surface area contributed by atoms with E-state index in [0.717, 1.165) is 5.56 Å². The Morgan fingerprint density at radius 3 is 2.50 bits per heavy atom. The second kappa shape index (κ2) is 8.01. The molecule has 0 radical (unpaired) electrons. The number of hydrogen-bond donors (Lipinski definition) is 2. The number of nitrogens with two attached hydrogens (primary N) is 1. The summed E-state index contributed by atoms with van der Waals surface area (Å²) < 4.78 is 0. The van der Waals surface area contributed by atoms with Crippen molar-refractivity contribution in [3.8, 4) is 0 Å². The Bertz CT molecular complexity index is 746. The van der Waals surface area contributed by atoms with Gasteiger partial charge in [-0.25, -0.2) is 0 Å². The number of carbonyl (C=O) groups is 2. The zero-order valence-electron chi connectivity index (χ0n) is 15.1. The lowest BCUT2D eigenvalue weighted by Crippen LogP contribution is -2.51. The molecule has 0 bridgehead atoms. The highest BCUT2D eigenvalue weighted by Gasteiger charge is 2.37. The quantitative estimate of drug-likeness (QED) is 0.848. The largest absolute Gasteiger partial charge is 0.339 e. The molecule has 0 saturated carbocycles. The summed E-state index contributed by atoms with van der Waals surface area (Å²) in [6.07, 6.45) is 0. The van der Waals surface area contributed by atoms with Crippen molar-refractivity contribution in [2.45, 2.75) is 31.8 Å². The molecule has 3 N–H and O–H groups in total. The number of hydrogen-bond acceptors (Lipinski definition) is 4. The lowest BCUT2D eigenvalue weighted by atomic mass is 9.95. The molecule has 1 fully saturated rings. The summed E-state index contributed by atoms with van der Waals surface area (Å²) in [6.45, 7) is 4.99. The molecular weight excluding hydrogens is 346 g/mol. The Morgan fingerprint density at radius 2 is 1.88 bits per heavy atom. The number of amides is 2. The second-order valence-corrected chi connectivity index (χ2v) is 8.04. The molecule has 1 aliphatic heterocycles. The fourth-order valence-corrected chi connectivity index (χ4v) is 4.02. The highest BCUT2D eigenvalue weighted by molar-refractivity contribution is 7.12. The van der Waals surface area contributed by atoms with E-state index in [0.29, 0.717) is 18.0 Å². The summed E-state index contributed by atoms with van der Waals surface area (Å²) in [5.41, 5.74) is 7.47. The molecule has 3 atom stereocenters. The normalized spacial score (nSPS) is 21.0. The van der Waals surface area contributed by atoms with Crippen LogP contribution in [0, 0.1) is 5.92 Å². The van der Waals surface area contributed by atoms with Gasteiger partial charge in [0.15, 0.2) is 0 Å². The standard InChI is InChI=1S/C20H25N3O2S/c1-13(2)18(22-19(24)17-9-6-10-26-17)20(25)23-11-15(16(21)12-23)14-7-4-3-5-8-14/h3-10,13,15-16,18H,11-12,21H2,1-2H3,(H,22,24)/t15-,16+,18?/m0/s1. The van der Waals surface area contributed by atoms with E-state index in [1.54, 1.807) is 11.0 Å². The Morgan fingerprint density at radius 1 is 1.15 bits per heavy atom. The van der Waals surface area contributed by atoms with Crippen LogP contribution in [0.3, 0.4) is 0 Å². The molecule has 1 unspecified atom stereocenters. The molecule has 0 aliphatic carbocycles. The lowest BCUT2D eigenvalue weighted by molar-refractivity contribution is -0.133. The summed E-state index contributed by atoms with van der Waals surface area (Å²) >= 11 is 1.37. The average Bonchev–Trinajstić information content (AvgIpc) is 3.29. The van der Waals surface area contributed by atoms with Gasteiger partial charge in [0.05, 0.1) is 4.88 Å². The SMILES string of the molecule is CC(C)C(NC(=O)c1cccs1)C(=O)N1C[C@@H](N)[C@H](c2ccccc2)C1. The third kappa shape index (κ3) is 3.97. The first-order chi connectivity index (χ1) is 12.5. The van der Waals surface area contributed by atoms with Crippen LogP contribution in [-0.2, 0) is 4.79 Å². The first-order valence-corrected chi connectivity index (χ1v) is 9.79. The number of carbonyl (C=O) groups excluding carboxylic acids is 2. The maximum absolute atomic E-state index is 13.1. The van der Waals surface area contributed by atoms with Gasteiger partial charge >= 0.3 is 0 Å². The summed E-state index contributed by atoms with van der Waals surface area (Å²) in [6, 6.07) is 13.0. The van der Waals surface area contributed by atoms with Crippen LogP contribution in [0.4, 0.5) is 0 Å². The maximum Gasteiger partial charge on any atom is 0.262 e. The van der Waals surface area contributed by atoms with Crippen LogP contribution < -0.4 is 11.1 Å². The molecule has 1 aromatic heterocycles. The molecule has 0 spiro atoms. The van der Waals surface area contributed by atoms with Crippen molar-refractivity contribution in [1.29, 1.82) is 0 Å². The Kier molecular flexibility index (Phi) is 5.74. The van der Waals surface area contributed by atoms with Gasteiger partial charge in [0.25, 0.3) is 5.91 Å². The fraction of sp³-hybridized carbons (Fsp3) is 0.400. The van der Waals surface area contributed by atoms with Gasteiger partial charge in [0, 0.05) is 25.0 Å². The van der Waals surface area contributed by atoms with Crippen LogP contribution in [0.2, 0.25) is 0 Å². The van der Waals surface area contributed by atoms with E-state index in [1.807, 2.05) is 43.5 Å². The number of nitrogens with one attached hydrogen (secondary N) is 1. The number of rotatable bonds is 5. The fourth-order valence-electron chi connectivity index (χ4n) is 3.39. The molecule has 1 aromatic carbocycles. The van der Waals surface area contributed by atoms with Gasteiger partial charge in [-0.1, -0.05) is 50.2 Å². The molecule has 2 aromatic rings. The predicted molar refractivity (Wildman–Crippen MR) is 104 cm³/mol. The highest BCUT2D eigenvalue weighted by Crippen LogP contribution is 2.27. The summed E-state index contributed by atoms with van der Waals surface area (Å²) in [5, 5.41) is 4.76. The molecule has 6 heteroatoms. The van der Waals surface area contributed by atoms with E-state index in [9.17, 15) is 9.59 Å². The minimum Gasteiger partial charge on any atom is -0.339 e. The van der Waals surface area contributed by atoms with E-state index in [2.05, 4.69) is 17.4 Å². The van der Waals surface area contributed by atoms with Gasteiger partial charge in [-0.05, 0) is 22.9 Å². The van der Waals surface area contributed by atoms with Crippen molar-refractivity contribution in [3.05, 3.63) is 58.3 Å². The molecule has 3 rings (SSSR count). The van der Waals surface area contributed by atoms with Crippen molar-refractivity contribution in [2.75, 3.05) is 13.1 Å². The zero-order chi connectivity index (χ0) is 18.7. The Labute approximate surface area is 158 Å². The van der Waals surface area contributed by atoms with E-state index in [1.165, 1.54) is 11.3 Å². The molecular formula is C20H25N3O2S.